The van der Waals surface area contributed by atoms with Crippen molar-refractivity contribution in [1.82, 2.24) is 9.66 Å². The molecule has 6 aromatic rings. The van der Waals surface area contributed by atoms with Gasteiger partial charge in [-0.2, -0.15) is 9.78 Å². The molecular weight excluding hydrogens is 577 g/mol. The average molecular weight is 600 g/mol. The Morgan fingerprint density at radius 3 is 2.36 bits per heavy atom. The van der Waals surface area contributed by atoms with Gasteiger partial charge in [0.2, 0.25) is 11.6 Å². The van der Waals surface area contributed by atoms with Crippen LogP contribution in [-0.4, -0.2) is 30.1 Å². The molecule has 0 aliphatic carbocycles. The second-order valence-corrected chi connectivity index (χ2v) is 10.1. The van der Waals surface area contributed by atoms with Crippen LogP contribution in [-0.2, 0) is 6.61 Å². The first-order chi connectivity index (χ1) is 20.4. The fourth-order valence-corrected chi connectivity index (χ4v) is 4.80. The van der Waals surface area contributed by atoms with Gasteiger partial charge in [-0.1, -0.05) is 47.5 Å². The zero-order chi connectivity index (χ0) is 29.2. The molecule has 8 nitrogen and oxygen atoms in total. The van der Waals surface area contributed by atoms with E-state index in [1.807, 2.05) is 18.2 Å². The van der Waals surface area contributed by atoms with E-state index >= 15 is 0 Å². The normalized spacial score (nSPS) is 11.4. The third-order valence-corrected chi connectivity index (χ3v) is 7.04. The summed E-state index contributed by atoms with van der Waals surface area (Å²) in [4.78, 5) is 18.3. The molecule has 0 bridgehead atoms. The zero-order valence-corrected chi connectivity index (χ0v) is 24.0. The monoisotopic (exact) mass is 599 g/mol. The van der Waals surface area contributed by atoms with E-state index < -0.39 is 0 Å². The lowest BCUT2D eigenvalue weighted by atomic mass is 10.2. The van der Waals surface area contributed by atoms with Crippen molar-refractivity contribution in [2.75, 3.05) is 14.2 Å². The minimum atomic E-state index is -0.354. The summed E-state index contributed by atoms with van der Waals surface area (Å²) in [5, 5.41) is 6.95. The summed E-state index contributed by atoms with van der Waals surface area (Å²) in [6.07, 6.45) is 1.52. The molecule has 0 amide bonds. The maximum atomic E-state index is 13.6. The van der Waals surface area contributed by atoms with Gasteiger partial charge in [-0.25, -0.2) is 4.98 Å². The SMILES string of the molecule is COc1cc(C=Nn2c(-c3cc4cc(Cl)ccc4o3)nc3ccccc3c2=O)cc(OC)c1OCc1ccc(Cl)cc1. The van der Waals surface area contributed by atoms with Gasteiger partial charge in [-0.3, -0.25) is 4.79 Å². The van der Waals surface area contributed by atoms with Crippen LogP contribution in [0.3, 0.4) is 0 Å². The molecule has 0 unspecified atom stereocenters. The Balaban J connectivity index is 1.41. The molecule has 0 saturated heterocycles. The summed E-state index contributed by atoms with van der Waals surface area (Å²) in [6.45, 7) is 0.279. The van der Waals surface area contributed by atoms with Gasteiger partial charge >= 0.3 is 0 Å². The highest BCUT2D eigenvalue weighted by atomic mass is 35.5. The fourth-order valence-electron chi connectivity index (χ4n) is 4.49. The number of methoxy groups -OCH3 is 2. The highest BCUT2D eigenvalue weighted by Crippen LogP contribution is 2.39. The smallest absolute Gasteiger partial charge is 0.282 e. The number of aromatic nitrogens is 2. The van der Waals surface area contributed by atoms with Crippen molar-refractivity contribution in [1.29, 1.82) is 0 Å². The Hall–Kier alpha value is -4.79. The van der Waals surface area contributed by atoms with Gasteiger partial charge in [0, 0.05) is 21.0 Å². The molecule has 2 heterocycles. The summed E-state index contributed by atoms with van der Waals surface area (Å²) >= 11 is 12.2. The van der Waals surface area contributed by atoms with E-state index in [1.54, 1.807) is 66.7 Å². The Morgan fingerprint density at radius 2 is 1.62 bits per heavy atom. The Bertz CT molecular complexity index is 1990. The number of hydrogen-bond acceptors (Lipinski definition) is 7. The summed E-state index contributed by atoms with van der Waals surface area (Å²) < 4.78 is 24.5. The van der Waals surface area contributed by atoms with Gasteiger partial charge in [-0.05, 0) is 66.2 Å². The maximum Gasteiger partial charge on any atom is 0.282 e. The third kappa shape index (κ3) is 5.42. The lowest BCUT2D eigenvalue weighted by Crippen LogP contribution is -2.20. The number of para-hydroxylation sites is 1. The van der Waals surface area contributed by atoms with E-state index in [-0.39, 0.29) is 18.0 Å². The van der Waals surface area contributed by atoms with E-state index in [1.165, 1.54) is 25.1 Å². The molecule has 210 valence electrons. The molecule has 10 heteroatoms. The summed E-state index contributed by atoms with van der Waals surface area (Å²) in [6, 6.07) is 25.0. The van der Waals surface area contributed by atoms with Crippen molar-refractivity contribution in [3.8, 4) is 28.8 Å². The molecular formula is C32H23Cl2N3O5. The predicted octanol–water partition coefficient (Wildman–Crippen LogP) is 7.59. The molecule has 0 aliphatic rings. The topological polar surface area (TPSA) is 88.1 Å². The van der Waals surface area contributed by atoms with Crippen LogP contribution >= 0.6 is 23.2 Å². The highest BCUT2D eigenvalue weighted by Gasteiger charge is 2.18. The number of hydrogen-bond donors (Lipinski definition) is 0. The molecule has 0 saturated carbocycles. The Kier molecular flexibility index (Phi) is 7.56. The van der Waals surface area contributed by atoms with Crippen molar-refractivity contribution >= 4 is 51.3 Å². The van der Waals surface area contributed by atoms with Crippen LogP contribution in [0.1, 0.15) is 11.1 Å². The first kappa shape index (κ1) is 27.4. The summed E-state index contributed by atoms with van der Waals surface area (Å²) in [5.74, 6) is 1.90. The van der Waals surface area contributed by atoms with E-state index in [9.17, 15) is 4.79 Å². The van der Waals surface area contributed by atoms with Gasteiger partial charge in [0.25, 0.3) is 5.56 Å². The molecule has 0 spiro atoms. The third-order valence-electron chi connectivity index (χ3n) is 6.55. The van der Waals surface area contributed by atoms with Crippen molar-refractivity contribution in [2.45, 2.75) is 6.61 Å². The lowest BCUT2D eigenvalue weighted by molar-refractivity contribution is 0.266. The van der Waals surface area contributed by atoms with E-state index in [0.717, 1.165) is 10.9 Å². The second-order valence-electron chi connectivity index (χ2n) is 9.28. The molecule has 0 fully saturated rings. The predicted molar refractivity (Wildman–Crippen MR) is 165 cm³/mol. The maximum absolute atomic E-state index is 13.6. The second kappa shape index (κ2) is 11.6. The number of ether oxygens (including phenoxy) is 3. The van der Waals surface area contributed by atoms with Crippen LogP contribution in [0.4, 0.5) is 0 Å². The fraction of sp³-hybridized carbons (Fsp3) is 0.0938. The number of rotatable bonds is 8. The number of furan rings is 1. The molecule has 2 aromatic heterocycles. The summed E-state index contributed by atoms with van der Waals surface area (Å²) in [7, 11) is 3.07. The number of halogens is 2. The molecule has 6 rings (SSSR count). The van der Waals surface area contributed by atoms with Crippen molar-refractivity contribution < 1.29 is 18.6 Å². The first-order valence-corrected chi connectivity index (χ1v) is 13.6. The van der Waals surface area contributed by atoms with Crippen LogP contribution in [0.2, 0.25) is 10.0 Å². The van der Waals surface area contributed by atoms with Gasteiger partial charge < -0.3 is 18.6 Å². The Morgan fingerprint density at radius 1 is 0.905 bits per heavy atom. The van der Waals surface area contributed by atoms with Gasteiger partial charge in [0.05, 0.1) is 31.3 Å². The van der Waals surface area contributed by atoms with E-state index in [4.69, 9.17) is 46.8 Å². The van der Waals surface area contributed by atoms with Crippen molar-refractivity contribution in [2.24, 2.45) is 5.10 Å². The van der Waals surface area contributed by atoms with Crippen LogP contribution in [0.15, 0.2) is 99.2 Å². The molecule has 0 atom stereocenters. The summed E-state index contributed by atoms with van der Waals surface area (Å²) in [5.41, 5.74) is 2.30. The molecule has 4 aromatic carbocycles. The zero-order valence-electron chi connectivity index (χ0n) is 22.5. The molecule has 42 heavy (non-hydrogen) atoms. The highest BCUT2D eigenvalue weighted by molar-refractivity contribution is 6.31. The van der Waals surface area contributed by atoms with Gasteiger partial charge in [0.15, 0.2) is 17.3 Å². The Labute approximate surface area is 250 Å². The molecule has 0 N–H and O–H groups in total. The largest absolute Gasteiger partial charge is 0.493 e. The van der Waals surface area contributed by atoms with E-state index in [0.29, 0.717) is 55.1 Å². The van der Waals surface area contributed by atoms with E-state index in [2.05, 4.69) is 5.10 Å². The first-order valence-electron chi connectivity index (χ1n) is 12.8. The van der Waals surface area contributed by atoms with Crippen molar-refractivity contribution in [3.63, 3.8) is 0 Å². The van der Waals surface area contributed by atoms with Crippen LogP contribution in [0.25, 0.3) is 33.5 Å². The molecule has 0 aliphatic heterocycles. The van der Waals surface area contributed by atoms with Crippen LogP contribution < -0.4 is 19.8 Å². The number of nitrogens with zero attached hydrogens (tertiary/aromatic N) is 3. The number of benzene rings is 4. The average Bonchev–Trinajstić information content (AvgIpc) is 3.43. The van der Waals surface area contributed by atoms with Crippen molar-refractivity contribution in [3.05, 3.63) is 116 Å². The minimum absolute atomic E-state index is 0.240. The van der Waals surface area contributed by atoms with Gasteiger partial charge in [0.1, 0.15) is 12.2 Å². The number of fused-ring (bicyclic) bond motifs is 2. The van der Waals surface area contributed by atoms with Gasteiger partial charge in [-0.15, -0.1) is 0 Å². The van der Waals surface area contributed by atoms with Crippen LogP contribution in [0.5, 0.6) is 17.2 Å². The molecule has 0 radical (unpaired) electrons. The lowest BCUT2D eigenvalue weighted by Gasteiger charge is -2.15. The standard InChI is InChI=1S/C32H23Cl2N3O5/c1-39-27-13-20(14-28(40-2)30(27)41-18-19-7-9-22(33)10-8-19)17-35-37-31(36-25-6-4-3-5-24(25)32(37)38)29-16-21-15-23(34)11-12-26(21)42-29/h3-17H,18H2,1-2H3. The quantitative estimate of drug-likeness (QED) is 0.167. The minimum Gasteiger partial charge on any atom is -0.493 e. The van der Waals surface area contributed by atoms with Crippen LogP contribution in [0, 0.1) is 0 Å².